The molecule has 1 unspecified atom stereocenters. The molecular weight excluding hydrogens is 378 g/mol. The average Bonchev–Trinajstić information content (AvgIpc) is 3.14. The number of urea groups is 1. The van der Waals surface area contributed by atoms with E-state index in [1.165, 1.54) is 0 Å². The topological polar surface area (TPSA) is 71.4 Å². The number of aryl methyl sites for hydroxylation is 1. The van der Waals surface area contributed by atoms with Crippen LogP contribution in [0.15, 0.2) is 48.5 Å². The zero-order chi connectivity index (χ0) is 21.6. The van der Waals surface area contributed by atoms with Gasteiger partial charge in [0.05, 0.1) is 6.54 Å². The van der Waals surface area contributed by atoms with Crippen molar-refractivity contribution in [3.63, 3.8) is 0 Å². The normalized spacial score (nSPS) is 18.9. The third-order valence-corrected chi connectivity index (χ3v) is 6.10. The third-order valence-electron chi connectivity index (χ3n) is 6.10. The number of Topliss-reactive ketones (excluding diaryl/α,β-unsaturated/α-hetero) is 1. The Morgan fingerprint density at radius 3 is 2.47 bits per heavy atom. The highest BCUT2D eigenvalue weighted by Crippen LogP contribution is 2.34. The predicted molar refractivity (Wildman–Crippen MR) is 115 cm³/mol. The second kappa shape index (κ2) is 7.13. The Morgan fingerprint density at radius 2 is 1.77 bits per heavy atom. The molecule has 0 saturated carbocycles. The lowest BCUT2D eigenvalue weighted by atomic mass is 9.88. The molecule has 2 aromatic carbocycles. The minimum Gasteiger partial charge on any atom is -0.349 e. The molecule has 1 atom stereocenters. The van der Waals surface area contributed by atoms with Crippen molar-refractivity contribution in [1.82, 2.24) is 14.8 Å². The molecule has 154 valence electrons. The maximum atomic E-state index is 13.3. The van der Waals surface area contributed by atoms with Gasteiger partial charge in [0.1, 0.15) is 5.54 Å². The van der Waals surface area contributed by atoms with E-state index in [0.29, 0.717) is 5.56 Å². The molecule has 0 spiro atoms. The molecule has 6 heteroatoms. The van der Waals surface area contributed by atoms with E-state index in [0.717, 1.165) is 39.2 Å². The highest BCUT2D eigenvalue weighted by molar-refractivity contribution is 6.12. The number of carbonyl (C=O) groups is 3. The second-order valence-electron chi connectivity index (χ2n) is 7.93. The molecule has 30 heavy (non-hydrogen) atoms. The molecule has 1 N–H and O–H groups in total. The fraction of sp³-hybridized carbons (Fsp3) is 0.292. The first kappa shape index (κ1) is 19.9. The summed E-state index contributed by atoms with van der Waals surface area (Å²) >= 11 is 0. The van der Waals surface area contributed by atoms with E-state index in [9.17, 15) is 14.4 Å². The van der Waals surface area contributed by atoms with Crippen molar-refractivity contribution in [2.24, 2.45) is 0 Å². The summed E-state index contributed by atoms with van der Waals surface area (Å²) in [6, 6.07) is 14.7. The van der Waals surface area contributed by atoms with Gasteiger partial charge in [-0.05, 0) is 50.1 Å². The molecule has 3 amide bonds. The molecule has 1 aliphatic heterocycles. The van der Waals surface area contributed by atoms with Crippen LogP contribution in [0.25, 0.3) is 10.8 Å². The van der Waals surface area contributed by atoms with Crippen LogP contribution in [0, 0.1) is 13.8 Å². The van der Waals surface area contributed by atoms with Gasteiger partial charge in [0.2, 0.25) is 0 Å². The largest absolute Gasteiger partial charge is 0.349 e. The number of hydrogen-bond acceptors (Lipinski definition) is 3. The summed E-state index contributed by atoms with van der Waals surface area (Å²) in [5.74, 6) is -0.657. The van der Waals surface area contributed by atoms with Crippen molar-refractivity contribution in [3.8, 4) is 0 Å². The molecule has 0 aliphatic carbocycles. The minimum atomic E-state index is -1.22. The lowest BCUT2D eigenvalue weighted by Gasteiger charge is -2.24. The lowest BCUT2D eigenvalue weighted by molar-refractivity contribution is -0.130. The van der Waals surface area contributed by atoms with Gasteiger partial charge in [0.15, 0.2) is 5.78 Å². The van der Waals surface area contributed by atoms with Gasteiger partial charge in [-0.3, -0.25) is 14.5 Å². The number of amides is 3. The van der Waals surface area contributed by atoms with Crippen molar-refractivity contribution in [1.29, 1.82) is 0 Å². The molecular formula is C24H25N3O3. The van der Waals surface area contributed by atoms with E-state index < -0.39 is 17.5 Å². The Hall–Kier alpha value is -3.41. The van der Waals surface area contributed by atoms with Crippen molar-refractivity contribution in [2.45, 2.75) is 39.8 Å². The summed E-state index contributed by atoms with van der Waals surface area (Å²) in [6.45, 7) is 8.02. The summed E-state index contributed by atoms with van der Waals surface area (Å²) in [6.07, 6.45) is 0. The van der Waals surface area contributed by atoms with E-state index in [4.69, 9.17) is 0 Å². The molecule has 0 bridgehead atoms. The first-order chi connectivity index (χ1) is 14.3. The summed E-state index contributed by atoms with van der Waals surface area (Å²) < 4.78 is 2.04. The number of aromatic nitrogens is 1. The molecule has 0 radical (unpaired) electrons. The van der Waals surface area contributed by atoms with Crippen LogP contribution in [0.4, 0.5) is 4.79 Å². The van der Waals surface area contributed by atoms with Gasteiger partial charge in [-0.15, -0.1) is 0 Å². The summed E-state index contributed by atoms with van der Waals surface area (Å²) in [4.78, 5) is 40.1. The van der Waals surface area contributed by atoms with E-state index in [1.54, 1.807) is 6.92 Å². The Kier molecular flexibility index (Phi) is 4.73. The van der Waals surface area contributed by atoms with Crippen molar-refractivity contribution >= 4 is 28.5 Å². The molecule has 1 fully saturated rings. The fourth-order valence-corrected chi connectivity index (χ4v) is 4.48. The summed E-state index contributed by atoms with van der Waals surface area (Å²) in [5, 5.41) is 4.70. The summed E-state index contributed by atoms with van der Waals surface area (Å²) in [5.41, 5.74) is 1.88. The van der Waals surface area contributed by atoms with Gasteiger partial charge >= 0.3 is 6.03 Å². The maximum Gasteiger partial charge on any atom is 0.325 e. The zero-order valence-corrected chi connectivity index (χ0v) is 17.7. The van der Waals surface area contributed by atoms with Crippen LogP contribution in [0.2, 0.25) is 0 Å². The smallest absolute Gasteiger partial charge is 0.325 e. The van der Waals surface area contributed by atoms with Gasteiger partial charge < -0.3 is 9.88 Å². The lowest BCUT2D eigenvalue weighted by Crippen LogP contribution is -2.41. The van der Waals surface area contributed by atoms with E-state index in [1.807, 2.05) is 73.9 Å². The van der Waals surface area contributed by atoms with Gasteiger partial charge in [0.25, 0.3) is 5.91 Å². The predicted octanol–water partition coefficient (Wildman–Crippen LogP) is 3.93. The van der Waals surface area contributed by atoms with Gasteiger partial charge in [-0.1, -0.05) is 42.5 Å². The molecule has 4 rings (SSSR count). The van der Waals surface area contributed by atoms with Crippen LogP contribution in [-0.2, 0) is 16.9 Å². The number of nitrogens with zero attached hydrogens (tertiary/aromatic N) is 2. The molecule has 1 aliphatic rings. The molecule has 1 aromatic heterocycles. The number of hydrogen-bond donors (Lipinski definition) is 1. The standard InChI is InChI=1S/C24H25N3O3/c1-5-26-15(2)13-19(16(26)3)21(28)14-27-22(29)24(4,25-23(27)30)20-12-8-10-17-9-6-7-11-18(17)20/h6-13H,5,14H2,1-4H3,(H,25,30). The molecule has 1 saturated heterocycles. The number of imide groups is 1. The zero-order valence-electron chi connectivity index (χ0n) is 17.7. The van der Waals surface area contributed by atoms with Gasteiger partial charge in [-0.2, -0.15) is 0 Å². The highest BCUT2D eigenvalue weighted by atomic mass is 16.2. The number of ketones is 1. The van der Waals surface area contributed by atoms with Crippen LogP contribution < -0.4 is 5.32 Å². The van der Waals surface area contributed by atoms with Crippen LogP contribution >= 0.6 is 0 Å². The number of benzene rings is 2. The number of fused-ring (bicyclic) bond motifs is 1. The average molecular weight is 403 g/mol. The van der Waals surface area contributed by atoms with E-state index in [2.05, 4.69) is 5.32 Å². The third kappa shape index (κ3) is 2.91. The maximum absolute atomic E-state index is 13.3. The first-order valence-corrected chi connectivity index (χ1v) is 10.1. The Labute approximate surface area is 175 Å². The van der Waals surface area contributed by atoms with Crippen LogP contribution in [0.3, 0.4) is 0 Å². The van der Waals surface area contributed by atoms with E-state index >= 15 is 0 Å². The Morgan fingerprint density at radius 1 is 1.07 bits per heavy atom. The van der Waals surface area contributed by atoms with Gasteiger partial charge in [-0.25, -0.2) is 4.79 Å². The number of carbonyl (C=O) groups excluding carboxylic acids is 3. The SMILES string of the molecule is CCn1c(C)cc(C(=O)CN2C(=O)NC(C)(c3cccc4ccccc34)C2=O)c1C. The van der Waals surface area contributed by atoms with Crippen molar-refractivity contribution in [2.75, 3.05) is 6.54 Å². The van der Waals surface area contributed by atoms with Gasteiger partial charge in [0, 0.05) is 23.5 Å². The number of rotatable bonds is 5. The van der Waals surface area contributed by atoms with Crippen molar-refractivity contribution < 1.29 is 14.4 Å². The van der Waals surface area contributed by atoms with E-state index in [-0.39, 0.29) is 12.3 Å². The van der Waals surface area contributed by atoms with Crippen LogP contribution in [-0.4, -0.2) is 33.7 Å². The quantitative estimate of drug-likeness (QED) is 0.518. The first-order valence-electron chi connectivity index (χ1n) is 10.1. The summed E-state index contributed by atoms with van der Waals surface area (Å²) in [7, 11) is 0. The highest BCUT2D eigenvalue weighted by Gasteiger charge is 2.50. The molecule has 2 heterocycles. The second-order valence-corrected chi connectivity index (χ2v) is 7.93. The molecule has 6 nitrogen and oxygen atoms in total. The Balaban J connectivity index is 1.67. The minimum absolute atomic E-state index is 0.242. The van der Waals surface area contributed by atoms with Crippen LogP contribution in [0.1, 0.15) is 41.2 Å². The Bertz CT molecular complexity index is 1190. The van der Waals surface area contributed by atoms with Crippen molar-refractivity contribution in [3.05, 3.63) is 71.0 Å². The fourth-order valence-electron chi connectivity index (χ4n) is 4.48. The number of nitrogens with one attached hydrogen (secondary N) is 1. The molecule has 3 aromatic rings. The van der Waals surface area contributed by atoms with Crippen LogP contribution in [0.5, 0.6) is 0 Å². The monoisotopic (exact) mass is 403 g/mol.